The van der Waals surface area contributed by atoms with E-state index in [0.717, 1.165) is 18.2 Å². The van der Waals surface area contributed by atoms with Crippen LogP contribution in [-0.4, -0.2) is 63.3 Å². The van der Waals surface area contributed by atoms with E-state index in [1.54, 1.807) is 24.3 Å². The number of ether oxygens (including phenoxy) is 2. The molecule has 0 aromatic heterocycles. The van der Waals surface area contributed by atoms with Crippen LogP contribution in [0, 0.1) is 0 Å². The molecule has 314 valence electrons. The van der Waals surface area contributed by atoms with Gasteiger partial charge in [-0.2, -0.15) is 4.33 Å². The van der Waals surface area contributed by atoms with Gasteiger partial charge in [-0.15, -0.1) is 20.5 Å². The summed E-state index contributed by atoms with van der Waals surface area (Å²) in [5.41, 5.74) is 11.7. The third kappa shape index (κ3) is 12.3. The average molecular weight is 993 g/mol. The minimum atomic E-state index is -5.40. The minimum absolute atomic E-state index is 0. The third-order valence-electron chi connectivity index (χ3n) is 8.62. The SMILES string of the molecule is COc1cc(-c2ccc(N=Nc3ccc4c(S(=O)(=O)[O-])cc(S(=O)(=O)[O-])c(N)c4c3O)c(OC)c2)ccc1N=Nc1ccc2c(S(=O)(=O)[O-])cc(SOO[O-])c(N)c2c1O.[Na+].[Na+].[Na+].[Na+]. The van der Waals surface area contributed by atoms with Crippen LogP contribution in [0.5, 0.6) is 23.0 Å². The number of phenols is 2. The predicted octanol–water partition coefficient (Wildman–Crippen LogP) is -6.96. The van der Waals surface area contributed by atoms with Gasteiger partial charge in [0.2, 0.25) is 0 Å². The van der Waals surface area contributed by atoms with Crippen LogP contribution < -0.4 is 144 Å². The van der Waals surface area contributed by atoms with Crippen LogP contribution in [0.25, 0.3) is 32.7 Å². The second-order valence-corrected chi connectivity index (χ2v) is 16.8. The molecule has 0 aliphatic heterocycles. The zero-order chi connectivity index (χ0) is 43.9. The van der Waals surface area contributed by atoms with Crippen molar-refractivity contribution in [2.45, 2.75) is 19.6 Å². The quantitative estimate of drug-likeness (QED) is 0.0159. The molecule has 6 rings (SSSR count). The van der Waals surface area contributed by atoms with Crippen LogP contribution in [0.3, 0.4) is 0 Å². The maximum Gasteiger partial charge on any atom is 1.00 e. The molecular weight excluding hydrogens is 969 g/mol. The van der Waals surface area contributed by atoms with Crippen LogP contribution >= 0.6 is 12.0 Å². The van der Waals surface area contributed by atoms with Gasteiger partial charge in [0.1, 0.15) is 64.6 Å². The number of nitrogens with two attached hydrogens (primary N) is 2. The van der Waals surface area contributed by atoms with Crippen LogP contribution in [0.2, 0.25) is 0 Å². The Balaban J connectivity index is 0.00000352. The van der Waals surface area contributed by atoms with Crippen molar-refractivity contribution >= 4 is 98.1 Å². The van der Waals surface area contributed by atoms with Crippen LogP contribution in [0.4, 0.5) is 34.1 Å². The number of hydrogen-bond acceptors (Lipinski definition) is 23. The smallest absolute Gasteiger partial charge is 0.744 e. The van der Waals surface area contributed by atoms with Gasteiger partial charge in [-0.05, 0) is 59.7 Å². The van der Waals surface area contributed by atoms with Gasteiger partial charge in [-0.3, -0.25) is 5.04 Å². The maximum atomic E-state index is 12.0. The van der Waals surface area contributed by atoms with Crippen LogP contribution in [-0.2, 0) is 39.7 Å². The normalized spacial score (nSPS) is 11.8. The molecule has 0 spiro atoms. The first-order valence-electron chi connectivity index (χ1n) is 16.1. The topological polar surface area (TPSA) is 374 Å². The monoisotopic (exact) mass is 992 g/mol. The van der Waals surface area contributed by atoms with Gasteiger partial charge in [-0.1, -0.05) is 24.3 Å². The fourth-order valence-electron chi connectivity index (χ4n) is 5.91. The zero-order valence-corrected chi connectivity index (χ0v) is 45.4. The van der Waals surface area contributed by atoms with Gasteiger partial charge in [0.05, 0.1) is 68.0 Å². The molecule has 0 radical (unpaired) electrons. The molecule has 6 aromatic carbocycles. The molecule has 0 atom stereocenters. The van der Waals surface area contributed by atoms with E-state index in [2.05, 4.69) is 29.8 Å². The predicted molar refractivity (Wildman–Crippen MR) is 205 cm³/mol. The molecule has 0 saturated heterocycles. The number of nitrogens with zero attached hydrogens (tertiary/aromatic N) is 4. The molecule has 0 saturated carbocycles. The first-order chi connectivity index (χ1) is 28.2. The van der Waals surface area contributed by atoms with Gasteiger partial charge in [0.15, 0.2) is 11.5 Å². The largest absolute Gasteiger partial charge is 1.00 e. The number of methoxy groups -OCH3 is 2. The Kier molecular flexibility index (Phi) is 21.0. The number of aromatic hydroxyl groups is 2. The van der Waals surface area contributed by atoms with Crippen molar-refractivity contribution in [2.75, 3.05) is 25.7 Å². The summed E-state index contributed by atoms with van der Waals surface area (Å²) in [6.45, 7) is 0. The summed E-state index contributed by atoms with van der Waals surface area (Å²) in [6, 6.07) is 15.1. The Morgan fingerprint density at radius 2 is 0.922 bits per heavy atom. The Labute approximate surface area is 456 Å². The van der Waals surface area contributed by atoms with Crippen molar-refractivity contribution in [3.05, 3.63) is 72.8 Å². The molecule has 6 aromatic rings. The van der Waals surface area contributed by atoms with Gasteiger partial charge >= 0.3 is 118 Å². The Hall–Kier alpha value is -2.20. The van der Waals surface area contributed by atoms with Crippen molar-refractivity contribution in [1.29, 1.82) is 0 Å². The summed E-state index contributed by atoms with van der Waals surface area (Å²) >= 11 is 0.206. The van der Waals surface area contributed by atoms with E-state index in [1.165, 1.54) is 38.5 Å². The summed E-state index contributed by atoms with van der Waals surface area (Å²) in [5, 5.41) is 50.3. The molecule has 0 unspecified atom stereocenters. The molecule has 6 N–H and O–H groups in total. The number of hydrogen-bond donors (Lipinski definition) is 4. The molecule has 0 bridgehead atoms. The van der Waals surface area contributed by atoms with E-state index in [9.17, 15) is 54.4 Å². The number of nitrogen functional groups attached to an aromatic ring is 2. The molecule has 0 aliphatic carbocycles. The molecule has 0 aliphatic rings. The van der Waals surface area contributed by atoms with E-state index in [4.69, 9.17) is 20.9 Å². The first-order valence-corrected chi connectivity index (χ1v) is 21.0. The number of phenolic OH excluding ortho intramolecular Hbond substituents is 2. The average Bonchev–Trinajstić information content (AvgIpc) is 3.18. The van der Waals surface area contributed by atoms with Gasteiger partial charge in [0.25, 0.3) is 0 Å². The van der Waals surface area contributed by atoms with Crippen molar-refractivity contribution in [3.63, 3.8) is 0 Å². The third-order valence-corrected chi connectivity index (χ3v) is 11.9. The van der Waals surface area contributed by atoms with Crippen LogP contribution in [0.15, 0.2) is 113 Å². The van der Waals surface area contributed by atoms with Crippen molar-refractivity contribution in [1.82, 2.24) is 0 Å². The van der Waals surface area contributed by atoms with E-state index >= 15 is 0 Å². The summed E-state index contributed by atoms with van der Waals surface area (Å²) in [4.78, 5) is -3.34. The van der Waals surface area contributed by atoms with E-state index < -0.39 is 73.0 Å². The van der Waals surface area contributed by atoms with Gasteiger partial charge in [-0.25, -0.2) is 25.3 Å². The Morgan fingerprint density at radius 1 is 0.547 bits per heavy atom. The van der Waals surface area contributed by atoms with Crippen LogP contribution in [0.1, 0.15) is 0 Å². The van der Waals surface area contributed by atoms with E-state index in [-0.39, 0.29) is 186 Å². The maximum absolute atomic E-state index is 12.0. The standard InChI is InChI=1S/C34H28N6O16S4.4Na/c1-53-23-11-15(3-7-19(23)37-39-21-9-5-17-26(58(44,45)46)13-25(57-56-55-43)31(35)29(17)33(21)41)16-4-8-20(24(12-16)54-2)38-40-22-10-6-18-27(59(47,48)49)14-28(60(50,51)52)32(36)30(18)34(22)42;;;;/h3-14,41-43H,35-36H2,1-2H3,(H,44,45,46)(H,47,48,49)(H,50,51,52);;;;/q;4*+1/p-4. The van der Waals surface area contributed by atoms with Crippen molar-refractivity contribution in [2.24, 2.45) is 20.5 Å². The summed E-state index contributed by atoms with van der Waals surface area (Å²) < 4.78 is 122. The molecule has 0 fully saturated rings. The fourth-order valence-corrected chi connectivity index (χ4v) is 8.55. The second-order valence-electron chi connectivity index (χ2n) is 12.0. The number of anilines is 2. The minimum Gasteiger partial charge on any atom is -0.744 e. The molecule has 22 nitrogen and oxygen atoms in total. The van der Waals surface area contributed by atoms with Gasteiger partial charge < -0.3 is 50.1 Å². The molecule has 64 heavy (non-hydrogen) atoms. The molecule has 30 heteroatoms. The fraction of sp³-hybridized carbons (Fsp3) is 0.0588. The number of rotatable bonds is 13. The van der Waals surface area contributed by atoms with E-state index in [0.29, 0.717) is 17.2 Å². The number of azo groups is 2. The van der Waals surface area contributed by atoms with Gasteiger partial charge in [0, 0.05) is 10.8 Å². The Morgan fingerprint density at radius 3 is 1.31 bits per heavy atom. The first kappa shape index (κ1) is 57.9. The summed E-state index contributed by atoms with van der Waals surface area (Å²) in [6.07, 6.45) is 0. The Bertz CT molecular complexity index is 3170. The zero-order valence-electron chi connectivity index (χ0n) is 34.1. The molecule has 0 heterocycles. The number of benzene rings is 6. The number of fused-ring (bicyclic) bond motifs is 2. The molecule has 0 amide bonds. The van der Waals surface area contributed by atoms with Crippen molar-refractivity contribution in [3.8, 4) is 34.1 Å². The molecular formula is C34H24N6Na4O16S4. The second kappa shape index (κ2) is 23.2. The summed E-state index contributed by atoms with van der Waals surface area (Å²) in [7, 11) is -13.2. The van der Waals surface area contributed by atoms with Crippen molar-refractivity contribution < 1.29 is 191 Å². The van der Waals surface area contributed by atoms with E-state index in [1.807, 2.05) is 0 Å². The summed E-state index contributed by atoms with van der Waals surface area (Å²) in [5.74, 6) is -1.18.